The second kappa shape index (κ2) is 5.80. The summed E-state index contributed by atoms with van der Waals surface area (Å²) in [6.45, 7) is 0. The molecule has 3 rings (SSSR count). The normalized spacial score (nSPS) is 10.9. The quantitative estimate of drug-likeness (QED) is 0.673. The molecule has 2 aromatic heterocycles. The molecule has 0 saturated heterocycles. The lowest BCUT2D eigenvalue weighted by molar-refractivity contribution is 0.528. The maximum absolute atomic E-state index is 5.68. The van der Waals surface area contributed by atoms with E-state index in [0.717, 1.165) is 15.2 Å². The summed E-state index contributed by atoms with van der Waals surface area (Å²) in [6, 6.07) is 7.77. The van der Waals surface area contributed by atoms with Crippen LogP contribution in [0, 0.1) is 0 Å². The largest absolute Gasteiger partial charge is 0.420 e. The number of hydrogen-bond donors (Lipinski definition) is 0. The highest BCUT2D eigenvalue weighted by atomic mass is 79.9. The van der Waals surface area contributed by atoms with Crippen molar-refractivity contribution in [1.82, 2.24) is 19.7 Å². The van der Waals surface area contributed by atoms with E-state index in [1.54, 1.807) is 18.0 Å². The number of hydrogen-bond acceptors (Lipinski definition) is 5. The topological polar surface area (TPSA) is 56.7 Å². The van der Waals surface area contributed by atoms with Crippen LogP contribution < -0.4 is 0 Å². The molecule has 0 bridgehead atoms. The van der Waals surface area contributed by atoms with Crippen LogP contribution in [0.15, 0.2) is 50.7 Å². The highest BCUT2D eigenvalue weighted by Crippen LogP contribution is 2.28. The summed E-state index contributed by atoms with van der Waals surface area (Å²) in [5, 5.41) is 9.07. The van der Waals surface area contributed by atoms with Crippen molar-refractivity contribution >= 4 is 27.7 Å². The van der Waals surface area contributed by atoms with Crippen LogP contribution >= 0.6 is 27.7 Å². The second-order valence-corrected chi connectivity index (χ2v) is 5.89. The maximum atomic E-state index is 5.68. The molecule has 0 N–H and O–H groups in total. The zero-order chi connectivity index (χ0) is 13.9. The van der Waals surface area contributed by atoms with Crippen molar-refractivity contribution < 1.29 is 4.42 Å². The van der Waals surface area contributed by atoms with Crippen LogP contribution in [0.4, 0.5) is 0 Å². The van der Waals surface area contributed by atoms with E-state index in [0.29, 0.717) is 17.5 Å². The van der Waals surface area contributed by atoms with E-state index in [1.807, 2.05) is 42.1 Å². The van der Waals surface area contributed by atoms with Gasteiger partial charge >= 0.3 is 0 Å². The Balaban J connectivity index is 1.74. The van der Waals surface area contributed by atoms with Crippen LogP contribution in [0.25, 0.3) is 11.5 Å². The van der Waals surface area contributed by atoms with Gasteiger partial charge in [-0.15, -0.1) is 10.2 Å². The summed E-state index contributed by atoms with van der Waals surface area (Å²) in [6.07, 6.45) is 3.67. The molecule has 3 aromatic rings. The number of aryl methyl sites for hydroxylation is 1. The predicted molar refractivity (Wildman–Crippen MR) is 80.2 cm³/mol. The van der Waals surface area contributed by atoms with Gasteiger partial charge in [0.1, 0.15) is 0 Å². The van der Waals surface area contributed by atoms with E-state index >= 15 is 0 Å². The van der Waals surface area contributed by atoms with Gasteiger partial charge in [-0.05, 0) is 28.1 Å². The Morgan fingerprint density at radius 2 is 2.15 bits per heavy atom. The van der Waals surface area contributed by atoms with Crippen LogP contribution in [-0.4, -0.2) is 19.7 Å². The first kappa shape index (κ1) is 13.4. The standard InChI is InChI=1S/C13H11BrN4OS/c1-18-7-6-15-13(18)20-8-11-16-17-12(19-11)9-4-2-3-5-10(9)14/h2-7H,8H2,1H3. The van der Waals surface area contributed by atoms with Crippen molar-refractivity contribution in [2.45, 2.75) is 10.9 Å². The van der Waals surface area contributed by atoms with Crippen LogP contribution in [0.1, 0.15) is 5.89 Å². The van der Waals surface area contributed by atoms with Gasteiger partial charge < -0.3 is 8.98 Å². The zero-order valence-electron chi connectivity index (χ0n) is 10.7. The Bertz CT molecular complexity index is 724. The van der Waals surface area contributed by atoms with Crippen molar-refractivity contribution in [3.63, 3.8) is 0 Å². The number of nitrogens with zero attached hydrogens (tertiary/aromatic N) is 4. The van der Waals surface area contributed by atoms with E-state index in [2.05, 4.69) is 31.1 Å². The van der Waals surface area contributed by atoms with Crippen LogP contribution in [0.5, 0.6) is 0 Å². The van der Waals surface area contributed by atoms with Gasteiger partial charge in [0.15, 0.2) is 5.16 Å². The Labute approximate surface area is 128 Å². The van der Waals surface area contributed by atoms with E-state index < -0.39 is 0 Å². The molecular weight excluding hydrogens is 340 g/mol. The molecule has 0 saturated carbocycles. The molecule has 0 spiro atoms. The average Bonchev–Trinajstić information content (AvgIpc) is 3.06. The molecule has 7 heteroatoms. The summed E-state index contributed by atoms with van der Waals surface area (Å²) >= 11 is 5.04. The first-order valence-electron chi connectivity index (χ1n) is 5.91. The summed E-state index contributed by atoms with van der Waals surface area (Å²) in [5.41, 5.74) is 0.897. The monoisotopic (exact) mass is 350 g/mol. The second-order valence-electron chi connectivity index (χ2n) is 4.09. The highest BCUT2D eigenvalue weighted by molar-refractivity contribution is 9.10. The Morgan fingerprint density at radius 1 is 1.30 bits per heavy atom. The highest BCUT2D eigenvalue weighted by Gasteiger charge is 2.12. The first-order valence-corrected chi connectivity index (χ1v) is 7.69. The van der Waals surface area contributed by atoms with Crippen molar-refractivity contribution in [1.29, 1.82) is 0 Å². The van der Waals surface area contributed by atoms with Crippen LogP contribution in [-0.2, 0) is 12.8 Å². The molecule has 0 amide bonds. The molecule has 0 radical (unpaired) electrons. The van der Waals surface area contributed by atoms with E-state index in [1.165, 1.54) is 0 Å². The minimum Gasteiger partial charge on any atom is -0.420 e. The molecule has 20 heavy (non-hydrogen) atoms. The van der Waals surface area contributed by atoms with Gasteiger partial charge in [-0.2, -0.15) is 0 Å². The Morgan fingerprint density at radius 3 is 2.90 bits per heavy atom. The van der Waals surface area contributed by atoms with Gasteiger partial charge in [-0.1, -0.05) is 23.9 Å². The van der Waals surface area contributed by atoms with E-state index in [-0.39, 0.29) is 0 Å². The van der Waals surface area contributed by atoms with Crippen molar-refractivity contribution in [2.75, 3.05) is 0 Å². The molecule has 1 aromatic carbocycles. The average molecular weight is 351 g/mol. The number of benzene rings is 1. The Kier molecular flexibility index (Phi) is 3.88. The van der Waals surface area contributed by atoms with Crippen molar-refractivity contribution in [2.24, 2.45) is 7.05 Å². The molecular formula is C13H11BrN4OS. The smallest absolute Gasteiger partial charge is 0.248 e. The van der Waals surface area contributed by atoms with Gasteiger partial charge in [0.2, 0.25) is 11.8 Å². The molecule has 2 heterocycles. The van der Waals surface area contributed by atoms with Crippen molar-refractivity contribution in [3.05, 3.63) is 47.0 Å². The third-order valence-corrected chi connectivity index (χ3v) is 4.41. The van der Waals surface area contributed by atoms with E-state index in [4.69, 9.17) is 4.42 Å². The van der Waals surface area contributed by atoms with Gasteiger partial charge in [0, 0.05) is 23.9 Å². The zero-order valence-corrected chi connectivity index (χ0v) is 13.1. The number of aromatic nitrogens is 4. The van der Waals surface area contributed by atoms with Crippen LogP contribution in [0.3, 0.4) is 0 Å². The molecule has 102 valence electrons. The summed E-state index contributed by atoms with van der Waals surface area (Å²) in [5.74, 6) is 1.71. The molecule has 0 aliphatic carbocycles. The first-order chi connectivity index (χ1) is 9.74. The van der Waals surface area contributed by atoms with Gasteiger partial charge in [0.05, 0.1) is 11.3 Å². The molecule has 0 atom stereocenters. The molecule has 0 fully saturated rings. The molecule has 0 aliphatic heterocycles. The van der Waals surface area contributed by atoms with Gasteiger partial charge in [0.25, 0.3) is 0 Å². The predicted octanol–water partition coefficient (Wildman–Crippen LogP) is 3.52. The fourth-order valence-electron chi connectivity index (χ4n) is 1.67. The third kappa shape index (κ3) is 2.78. The Hall–Kier alpha value is -1.60. The minimum absolute atomic E-state index is 0.521. The number of thioether (sulfide) groups is 1. The fourth-order valence-corrected chi connectivity index (χ4v) is 2.90. The fraction of sp³-hybridized carbons (Fsp3) is 0.154. The lowest BCUT2D eigenvalue weighted by atomic mass is 10.2. The molecule has 0 aliphatic rings. The van der Waals surface area contributed by atoms with Gasteiger partial charge in [-0.3, -0.25) is 0 Å². The lowest BCUT2D eigenvalue weighted by Crippen LogP contribution is -1.89. The maximum Gasteiger partial charge on any atom is 0.248 e. The van der Waals surface area contributed by atoms with Crippen LogP contribution in [0.2, 0.25) is 0 Å². The number of imidazole rings is 1. The third-order valence-electron chi connectivity index (χ3n) is 2.67. The summed E-state index contributed by atoms with van der Waals surface area (Å²) in [4.78, 5) is 4.24. The lowest BCUT2D eigenvalue weighted by Gasteiger charge is -1.98. The van der Waals surface area contributed by atoms with Gasteiger partial charge in [-0.25, -0.2) is 4.98 Å². The molecule has 5 nitrogen and oxygen atoms in total. The minimum atomic E-state index is 0.521. The number of halogens is 1. The summed E-state index contributed by atoms with van der Waals surface area (Å²) < 4.78 is 8.57. The number of rotatable bonds is 4. The molecule has 0 unspecified atom stereocenters. The SMILES string of the molecule is Cn1ccnc1SCc1nnc(-c2ccccc2Br)o1. The summed E-state index contributed by atoms with van der Waals surface area (Å²) in [7, 11) is 1.95. The van der Waals surface area contributed by atoms with E-state index in [9.17, 15) is 0 Å². The van der Waals surface area contributed by atoms with Crippen molar-refractivity contribution in [3.8, 4) is 11.5 Å².